The van der Waals surface area contributed by atoms with Crippen LogP contribution in [0.5, 0.6) is 0 Å². The molecule has 0 radical (unpaired) electrons. The number of hydrogen-bond acceptors (Lipinski definition) is 3. The van der Waals surface area contributed by atoms with Gasteiger partial charge in [-0.15, -0.1) is 0 Å². The van der Waals surface area contributed by atoms with Gasteiger partial charge in [-0.1, -0.05) is 35.9 Å². The second-order valence-electron chi connectivity index (χ2n) is 4.81. The van der Waals surface area contributed by atoms with Crippen LogP contribution < -0.4 is 5.43 Å². The Bertz CT molecular complexity index is 777. The molecule has 1 aromatic heterocycles. The van der Waals surface area contributed by atoms with Crippen molar-refractivity contribution in [3.63, 3.8) is 0 Å². The predicted molar refractivity (Wildman–Crippen MR) is 90.8 cm³/mol. The summed E-state index contributed by atoms with van der Waals surface area (Å²) in [6, 6.07) is 15.6. The number of benzene rings is 2. The molecular weight excluding hydrogens is 296 g/mol. The Morgan fingerprint density at radius 1 is 1.14 bits per heavy atom. The molecule has 3 aromatic rings. The molecule has 1 N–H and O–H groups in total. The van der Waals surface area contributed by atoms with E-state index in [1.54, 1.807) is 12.5 Å². The molecule has 3 rings (SSSR count). The summed E-state index contributed by atoms with van der Waals surface area (Å²) in [6.45, 7) is 1.95. The van der Waals surface area contributed by atoms with E-state index in [1.165, 1.54) is 0 Å². The van der Waals surface area contributed by atoms with E-state index in [0.29, 0.717) is 5.02 Å². The molecule has 0 saturated heterocycles. The van der Waals surface area contributed by atoms with Crippen LogP contribution in [0.25, 0.3) is 5.69 Å². The predicted octanol–water partition coefficient (Wildman–Crippen LogP) is 4.36. The monoisotopic (exact) mass is 310 g/mol. The lowest BCUT2D eigenvalue weighted by Crippen LogP contribution is -2.00. The lowest BCUT2D eigenvalue weighted by Gasteiger charge is -2.06. The van der Waals surface area contributed by atoms with Gasteiger partial charge in [0, 0.05) is 18.1 Å². The van der Waals surface area contributed by atoms with E-state index in [2.05, 4.69) is 15.5 Å². The first-order valence-electron chi connectivity index (χ1n) is 6.87. The minimum Gasteiger partial charge on any atom is -0.306 e. The van der Waals surface area contributed by atoms with Gasteiger partial charge < -0.3 is 4.57 Å². The normalized spacial score (nSPS) is 11.5. The lowest BCUT2D eigenvalue weighted by atomic mass is 10.1. The SMILES string of the molecule is C/C(=N/Nc1ccccc1Cl)c1ccc(-n2ccnc2)cc1. The Balaban J connectivity index is 1.76. The fourth-order valence-corrected chi connectivity index (χ4v) is 2.23. The molecule has 0 spiro atoms. The standard InChI is InChI=1S/C17H15ClN4/c1-13(20-21-17-5-3-2-4-16(17)18)14-6-8-15(9-7-14)22-11-10-19-12-22/h2-12,21H,1H3/b20-13-. The molecule has 0 bridgehead atoms. The van der Waals surface area contributed by atoms with Crippen LogP contribution in [0.15, 0.2) is 72.4 Å². The van der Waals surface area contributed by atoms with E-state index in [1.807, 2.05) is 66.2 Å². The number of hydrogen-bond donors (Lipinski definition) is 1. The quantitative estimate of drug-likeness (QED) is 0.574. The zero-order chi connectivity index (χ0) is 15.4. The molecule has 22 heavy (non-hydrogen) atoms. The molecule has 5 heteroatoms. The van der Waals surface area contributed by atoms with Gasteiger partial charge in [-0.2, -0.15) is 5.10 Å². The number of para-hydroxylation sites is 1. The third kappa shape index (κ3) is 3.18. The highest BCUT2D eigenvalue weighted by molar-refractivity contribution is 6.33. The summed E-state index contributed by atoms with van der Waals surface area (Å²) >= 11 is 6.09. The van der Waals surface area contributed by atoms with Crippen LogP contribution in [-0.4, -0.2) is 15.3 Å². The largest absolute Gasteiger partial charge is 0.306 e. The fourth-order valence-electron chi connectivity index (χ4n) is 2.05. The van der Waals surface area contributed by atoms with Crippen molar-refractivity contribution in [2.75, 3.05) is 5.43 Å². The van der Waals surface area contributed by atoms with Crippen molar-refractivity contribution in [1.29, 1.82) is 0 Å². The van der Waals surface area contributed by atoms with Gasteiger partial charge in [0.05, 0.1) is 22.7 Å². The Labute approximate surface area is 134 Å². The van der Waals surface area contributed by atoms with E-state index in [0.717, 1.165) is 22.6 Å². The Hall–Kier alpha value is -2.59. The molecule has 1 heterocycles. The highest BCUT2D eigenvalue weighted by atomic mass is 35.5. The Morgan fingerprint density at radius 3 is 2.59 bits per heavy atom. The van der Waals surface area contributed by atoms with Gasteiger partial charge in [-0.05, 0) is 36.8 Å². The number of imidazole rings is 1. The van der Waals surface area contributed by atoms with Crippen molar-refractivity contribution in [3.8, 4) is 5.69 Å². The van der Waals surface area contributed by atoms with E-state index in [-0.39, 0.29) is 0 Å². The molecule has 0 atom stereocenters. The average molecular weight is 311 g/mol. The molecular formula is C17H15ClN4. The van der Waals surface area contributed by atoms with Gasteiger partial charge in [0.1, 0.15) is 0 Å². The van der Waals surface area contributed by atoms with Gasteiger partial charge in [-0.3, -0.25) is 5.43 Å². The molecule has 0 fully saturated rings. The van der Waals surface area contributed by atoms with E-state index >= 15 is 0 Å². The smallest absolute Gasteiger partial charge is 0.0991 e. The van der Waals surface area contributed by atoms with Gasteiger partial charge in [0.25, 0.3) is 0 Å². The topological polar surface area (TPSA) is 42.2 Å². The summed E-state index contributed by atoms with van der Waals surface area (Å²) in [5.74, 6) is 0. The highest BCUT2D eigenvalue weighted by Gasteiger charge is 2.01. The summed E-state index contributed by atoms with van der Waals surface area (Å²) in [6.07, 6.45) is 5.44. The molecule has 0 aliphatic rings. The fraction of sp³-hybridized carbons (Fsp3) is 0.0588. The second kappa shape index (κ2) is 6.45. The number of aromatic nitrogens is 2. The van der Waals surface area contributed by atoms with Crippen LogP contribution in [0.2, 0.25) is 5.02 Å². The van der Waals surface area contributed by atoms with Crippen LogP contribution >= 0.6 is 11.6 Å². The van der Waals surface area contributed by atoms with Crippen molar-refractivity contribution in [3.05, 3.63) is 77.8 Å². The first-order valence-corrected chi connectivity index (χ1v) is 7.25. The van der Waals surface area contributed by atoms with Gasteiger partial charge in [-0.25, -0.2) is 4.98 Å². The number of nitrogens with one attached hydrogen (secondary N) is 1. The van der Waals surface area contributed by atoms with Crippen LogP contribution in [-0.2, 0) is 0 Å². The Morgan fingerprint density at radius 2 is 1.91 bits per heavy atom. The summed E-state index contributed by atoms with van der Waals surface area (Å²) in [7, 11) is 0. The highest BCUT2D eigenvalue weighted by Crippen LogP contribution is 2.20. The van der Waals surface area contributed by atoms with Crippen molar-refractivity contribution >= 4 is 23.0 Å². The number of hydrazone groups is 1. The van der Waals surface area contributed by atoms with Crippen molar-refractivity contribution in [1.82, 2.24) is 9.55 Å². The molecule has 0 aliphatic carbocycles. The average Bonchev–Trinajstić information content (AvgIpc) is 3.08. The number of halogens is 1. The molecule has 0 unspecified atom stereocenters. The molecule has 110 valence electrons. The minimum absolute atomic E-state index is 0.648. The van der Waals surface area contributed by atoms with E-state index in [4.69, 9.17) is 11.6 Å². The van der Waals surface area contributed by atoms with Gasteiger partial charge >= 0.3 is 0 Å². The molecule has 4 nitrogen and oxygen atoms in total. The number of anilines is 1. The van der Waals surface area contributed by atoms with E-state index in [9.17, 15) is 0 Å². The summed E-state index contributed by atoms with van der Waals surface area (Å²) in [4.78, 5) is 4.04. The molecule has 0 amide bonds. The number of nitrogens with zero attached hydrogens (tertiary/aromatic N) is 3. The second-order valence-corrected chi connectivity index (χ2v) is 5.21. The van der Waals surface area contributed by atoms with Crippen LogP contribution in [0.1, 0.15) is 12.5 Å². The maximum absolute atomic E-state index is 6.09. The van der Waals surface area contributed by atoms with Gasteiger partial charge in [0.2, 0.25) is 0 Å². The summed E-state index contributed by atoms with van der Waals surface area (Å²) in [5, 5.41) is 5.03. The maximum atomic E-state index is 6.09. The third-order valence-corrected chi connectivity index (χ3v) is 3.64. The molecule has 0 aliphatic heterocycles. The number of rotatable bonds is 4. The van der Waals surface area contributed by atoms with Crippen LogP contribution in [0.3, 0.4) is 0 Å². The maximum Gasteiger partial charge on any atom is 0.0991 e. The minimum atomic E-state index is 0.648. The lowest BCUT2D eigenvalue weighted by molar-refractivity contribution is 1.06. The van der Waals surface area contributed by atoms with Gasteiger partial charge in [0.15, 0.2) is 0 Å². The summed E-state index contributed by atoms with van der Waals surface area (Å²) in [5.41, 5.74) is 6.78. The first kappa shape index (κ1) is 14.4. The molecule has 0 saturated carbocycles. The van der Waals surface area contributed by atoms with Crippen molar-refractivity contribution < 1.29 is 0 Å². The molecule has 2 aromatic carbocycles. The van der Waals surface area contributed by atoms with E-state index < -0.39 is 0 Å². The van der Waals surface area contributed by atoms with Crippen LogP contribution in [0, 0.1) is 0 Å². The Kier molecular flexibility index (Phi) is 4.21. The summed E-state index contributed by atoms with van der Waals surface area (Å²) < 4.78 is 1.96. The zero-order valence-corrected chi connectivity index (χ0v) is 12.8. The van der Waals surface area contributed by atoms with Crippen molar-refractivity contribution in [2.45, 2.75) is 6.92 Å². The van der Waals surface area contributed by atoms with Crippen molar-refractivity contribution in [2.24, 2.45) is 5.10 Å². The van der Waals surface area contributed by atoms with Crippen LogP contribution in [0.4, 0.5) is 5.69 Å². The third-order valence-electron chi connectivity index (χ3n) is 3.31. The zero-order valence-electron chi connectivity index (χ0n) is 12.1. The first-order chi connectivity index (χ1) is 10.7.